The fourth-order valence-electron chi connectivity index (χ4n) is 0.740. The predicted molar refractivity (Wildman–Crippen MR) is 43.8 cm³/mol. The average Bonchev–Trinajstić information content (AvgIpc) is 1.99. The fraction of sp³-hybridized carbons (Fsp3) is 0.143. The van der Waals surface area contributed by atoms with Crippen LogP contribution in [0.25, 0.3) is 0 Å². The van der Waals surface area contributed by atoms with Gasteiger partial charge in [0.1, 0.15) is 5.15 Å². The summed E-state index contributed by atoms with van der Waals surface area (Å²) in [4.78, 5) is 14.1. The lowest BCUT2D eigenvalue weighted by atomic mass is 10.1. The lowest BCUT2D eigenvalue weighted by Gasteiger charge is -2.02. The molecular formula is C7H7ClN2O. The molecule has 3 nitrogen and oxygen atoms in total. The molecule has 0 aliphatic carbocycles. The monoisotopic (exact) mass is 170 g/mol. The van der Waals surface area contributed by atoms with Crippen molar-refractivity contribution >= 4 is 23.6 Å². The summed E-state index contributed by atoms with van der Waals surface area (Å²) in [6.45, 7) is 1.73. The third kappa shape index (κ3) is 1.33. The number of hydrogen-bond acceptors (Lipinski definition) is 3. The van der Waals surface area contributed by atoms with Crippen molar-refractivity contribution in [1.82, 2.24) is 4.98 Å². The second kappa shape index (κ2) is 2.88. The van der Waals surface area contributed by atoms with E-state index in [0.717, 1.165) is 0 Å². The van der Waals surface area contributed by atoms with Gasteiger partial charge in [-0.3, -0.25) is 4.79 Å². The molecule has 0 radical (unpaired) electrons. The highest BCUT2D eigenvalue weighted by Crippen LogP contribution is 2.19. The SMILES string of the molecule is Cc1c(N)cnc(Cl)c1C=O. The first-order valence-corrected chi connectivity index (χ1v) is 3.40. The molecule has 0 bridgehead atoms. The average molecular weight is 171 g/mol. The number of nitrogens with zero attached hydrogens (tertiary/aromatic N) is 1. The minimum Gasteiger partial charge on any atom is -0.397 e. The molecule has 1 aromatic heterocycles. The van der Waals surface area contributed by atoms with Gasteiger partial charge in [-0.1, -0.05) is 11.6 Å². The number of hydrogen-bond donors (Lipinski definition) is 1. The maximum Gasteiger partial charge on any atom is 0.153 e. The van der Waals surface area contributed by atoms with Crippen LogP contribution >= 0.6 is 11.6 Å². The molecule has 2 N–H and O–H groups in total. The van der Waals surface area contributed by atoms with E-state index >= 15 is 0 Å². The Morgan fingerprint density at radius 1 is 1.73 bits per heavy atom. The maximum absolute atomic E-state index is 10.4. The van der Waals surface area contributed by atoms with Crippen LogP contribution in [0, 0.1) is 6.92 Å². The Morgan fingerprint density at radius 2 is 2.36 bits per heavy atom. The molecule has 11 heavy (non-hydrogen) atoms. The van der Waals surface area contributed by atoms with Gasteiger partial charge in [0.15, 0.2) is 6.29 Å². The number of anilines is 1. The quantitative estimate of drug-likeness (QED) is 0.513. The third-order valence-corrected chi connectivity index (χ3v) is 1.80. The number of carbonyl (C=O) groups excluding carboxylic acids is 1. The van der Waals surface area contributed by atoms with Gasteiger partial charge in [0.05, 0.1) is 17.4 Å². The van der Waals surface area contributed by atoms with Crippen molar-refractivity contribution < 1.29 is 4.79 Å². The van der Waals surface area contributed by atoms with Gasteiger partial charge in [-0.05, 0) is 12.5 Å². The zero-order valence-electron chi connectivity index (χ0n) is 5.97. The van der Waals surface area contributed by atoms with E-state index in [1.807, 2.05) is 0 Å². The number of nitrogen functional groups attached to an aromatic ring is 1. The van der Waals surface area contributed by atoms with E-state index < -0.39 is 0 Å². The highest BCUT2D eigenvalue weighted by Gasteiger charge is 2.05. The molecule has 0 amide bonds. The number of halogens is 1. The lowest BCUT2D eigenvalue weighted by molar-refractivity contribution is 0.112. The smallest absolute Gasteiger partial charge is 0.153 e. The summed E-state index contributed by atoms with van der Waals surface area (Å²) in [7, 11) is 0. The molecular weight excluding hydrogens is 164 g/mol. The molecule has 58 valence electrons. The molecule has 1 aromatic rings. The van der Waals surface area contributed by atoms with Crippen molar-refractivity contribution in [2.45, 2.75) is 6.92 Å². The van der Waals surface area contributed by atoms with Crippen molar-refractivity contribution in [1.29, 1.82) is 0 Å². The summed E-state index contributed by atoms with van der Waals surface area (Å²) in [6, 6.07) is 0. The van der Waals surface area contributed by atoms with Crippen LogP contribution in [0.3, 0.4) is 0 Å². The van der Waals surface area contributed by atoms with Gasteiger partial charge < -0.3 is 5.73 Å². The number of rotatable bonds is 1. The molecule has 1 heterocycles. The van der Waals surface area contributed by atoms with E-state index in [9.17, 15) is 4.79 Å². The van der Waals surface area contributed by atoms with E-state index in [-0.39, 0.29) is 5.15 Å². The first-order valence-electron chi connectivity index (χ1n) is 3.02. The van der Waals surface area contributed by atoms with Crippen LogP contribution in [0.4, 0.5) is 5.69 Å². The minimum absolute atomic E-state index is 0.201. The van der Waals surface area contributed by atoms with Crippen molar-refractivity contribution in [3.05, 3.63) is 22.5 Å². The number of pyridine rings is 1. The molecule has 0 spiro atoms. The largest absolute Gasteiger partial charge is 0.397 e. The van der Waals surface area contributed by atoms with Crippen molar-refractivity contribution in [3.63, 3.8) is 0 Å². The number of carbonyl (C=O) groups is 1. The minimum atomic E-state index is 0.201. The standard InChI is InChI=1S/C7H7ClN2O/c1-4-5(3-11)7(8)10-2-6(4)9/h2-3H,9H2,1H3. The van der Waals surface area contributed by atoms with Crippen LogP contribution in [0.5, 0.6) is 0 Å². The molecule has 0 saturated carbocycles. The van der Waals surface area contributed by atoms with E-state index in [1.165, 1.54) is 6.20 Å². The summed E-state index contributed by atoms with van der Waals surface area (Å²) < 4.78 is 0. The molecule has 0 aromatic carbocycles. The molecule has 0 aliphatic heterocycles. The molecule has 1 rings (SSSR count). The zero-order valence-corrected chi connectivity index (χ0v) is 6.72. The summed E-state index contributed by atoms with van der Waals surface area (Å²) in [6.07, 6.45) is 2.09. The third-order valence-electron chi connectivity index (χ3n) is 1.49. The van der Waals surface area contributed by atoms with Gasteiger partial charge in [-0.15, -0.1) is 0 Å². The Hall–Kier alpha value is -1.09. The number of nitrogens with two attached hydrogens (primary N) is 1. The molecule has 0 fully saturated rings. The topological polar surface area (TPSA) is 56.0 Å². The second-order valence-electron chi connectivity index (χ2n) is 2.16. The maximum atomic E-state index is 10.4. The van der Waals surface area contributed by atoms with E-state index in [4.69, 9.17) is 17.3 Å². The second-order valence-corrected chi connectivity index (χ2v) is 2.52. The van der Waals surface area contributed by atoms with Gasteiger partial charge in [0.2, 0.25) is 0 Å². The Kier molecular flexibility index (Phi) is 2.10. The van der Waals surface area contributed by atoms with Crippen LogP contribution < -0.4 is 5.73 Å². The van der Waals surface area contributed by atoms with Crippen molar-refractivity contribution in [3.8, 4) is 0 Å². The first-order chi connectivity index (χ1) is 5.16. The Morgan fingerprint density at radius 3 is 2.82 bits per heavy atom. The van der Waals surface area contributed by atoms with Gasteiger partial charge >= 0.3 is 0 Å². The van der Waals surface area contributed by atoms with Gasteiger partial charge in [0.25, 0.3) is 0 Å². The molecule has 0 atom stereocenters. The highest BCUT2D eigenvalue weighted by atomic mass is 35.5. The Labute approximate surface area is 69.2 Å². The van der Waals surface area contributed by atoms with Gasteiger partial charge in [0, 0.05) is 0 Å². The van der Waals surface area contributed by atoms with Crippen LogP contribution in [0.15, 0.2) is 6.20 Å². The normalized spacial score (nSPS) is 9.64. The summed E-state index contributed by atoms with van der Waals surface area (Å²) >= 11 is 5.60. The molecule has 4 heteroatoms. The van der Waals surface area contributed by atoms with Gasteiger partial charge in [-0.2, -0.15) is 0 Å². The van der Waals surface area contributed by atoms with Crippen molar-refractivity contribution in [2.75, 3.05) is 5.73 Å². The summed E-state index contributed by atoms with van der Waals surface area (Å²) in [5, 5.41) is 0.201. The van der Waals surface area contributed by atoms with E-state index in [0.29, 0.717) is 23.1 Å². The number of aldehydes is 1. The van der Waals surface area contributed by atoms with Crippen LogP contribution in [-0.4, -0.2) is 11.3 Å². The molecule has 0 aliphatic rings. The number of aromatic nitrogens is 1. The van der Waals surface area contributed by atoms with Crippen molar-refractivity contribution in [2.24, 2.45) is 0 Å². The molecule has 0 unspecified atom stereocenters. The van der Waals surface area contributed by atoms with Crippen LogP contribution in [-0.2, 0) is 0 Å². The predicted octanol–water partition coefficient (Wildman–Crippen LogP) is 1.44. The fourth-order valence-corrected chi connectivity index (χ4v) is 0.975. The van der Waals surface area contributed by atoms with E-state index in [2.05, 4.69) is 4.98 Å². The first kappa shape index (κ1) is 8.01. The summed E-state index contributed by atoms with van der Waals surface area (Å²) in [5.74, 6) is 0. The lowest BCUT2D eigenvalue weighted by Crippen LogP contribution is -1.97. The highest BCUT2D eigenvalue weighted by molar-refractivity contribution is 6.32. The molecule has 0 saturated heterocycles. The Balaban J connectivity index is 3.40. The Bertz CT molecular complexity index is 299. The summed E-state index contributed by atoms with van der Waals surface area (Å²) in [5.41, 5.74) is 7.02. The van der Waals surface area contributed by atoms with Gasteiger partial charge in [-0.25, -0.2) is 4.98 Å². The van der Waals surface area contributed by atoms with Crippen LogP contribution in [0.2, 0.25) is 5.15 Å². The van der Waals surface area contributed by atoms with Crippen LogP contribution in [0.1, 0.15) is 15.9 Å². The van der Waals surface area contributed by atoms with E-state index in [1.54, 1.807) is 6.92 Å². The zero-order chi connectivity index (χ0) is 8.43.